The van der Waals surface area contributed by atoms with Gasteiger partial charge in [0.2, 0.25) is 0 Å². The van der Waals surface area contributed by atoms with E-state index in [0.717, 1.165) is 18.8 Å². The molecule has 1 aromatic heterocycles. The van der Waals surface area contributed by atoms with Gasteiger partial charge in [-0.25, -0.2) is 0 Å². The first-order chi connectivity index (χ1) is 10.5. The molecule has 2 aliphatic carbocycles. The van der Waals surface area contributed by atoms with Gasteiger partial charge in [-0.15, -0.1) is 0 Å². The maximum absolute atomic E-state index is 9.83. The van der Waals surface area contributed by atoms with E-state index in [9.17, 15) is 5.11 Å². The molecule has 0 aliphatic heterocycles. The standard InChI is InChI=1S/C20H30O2/c1-15-7-10-20(3)17(13-21)5-4-6-18(20)19(15,2)11-8-16-9-12-22-14-16/h5,9,12,14-15,18,21H,4,6-8,10-11,13H2,1-3H3/t15-,18+,19-,20+/m1/s1. The molecule has 0 spiro atoms. The minimum atomic E-state index is 0.199. The highest BCUT2D eigenvalue weighted by atomic mass is 16.3. The van der Waals surface area contributed by atoms with Gasteiger partial charge in [-0.2, -0.15) is 0 Å². The zero-order valence-electron chi connectivity index (χ0n) is 14.3. The first-order valence-electron chi connectivity index (χ1n) is 8.82. The molecule has 0 saturated heterocycles. The van der Waals surface area contributed by atoms with Gasteiger partial charge in [0, 0.05) is 0 Å². The fourth-order valence-electron chi connectivity index (χ4n) is 5.30. The average molecular weight is 302 g/mol. The van der Waals surface area contributed by atoms with Crippen LogP contribution in [0.15, 0.2) is 34.7 Å². The zero-order valence-corrected chi connectivity index (χ0v) is 14.3. The Morgan fingerprint density at radius 3 is 2.82 bits per heavy atom. The van der Waals surface area contributed by atoms with Gasteiger partial charge in [0.15, 0.2) is 0 Å². The summed E-state index contributed by atoms with van der Waals surface area (Å²) in [6.45, 7) is 7.58. The van der Waals surface area contributed by atoms with E-state index in [-0.39, 0.29) is 12.0 Å². The lowest BCUT2D eigenvalue weighted by molar-refractivity contribution is -0.0507. The van der Waals surface area contributed by atoms with E-state index in [1.54, 1.807) is 6.26 Å². The van der Waals surface area contributed by atoms with Crippen molar-refractivity contribution in [2.24, 2.45) is 22.7 Å². The number of aliphatic hydroxyl groups excluding tert-OH is 1. The smallest absolute Gasteiger partial charge is 0.0934 e. The van der Waals surface area contributed by atoms with E-state index in [1.165, 1.54) is 36.8 Å². The van der Waals surface area contributed by atoms with Gasteiger partial charge in [-0.1, -0.05) is 26.8 Å². The highest BCUT2D eigenvalue weighted by Crippen LogP contribution is 2.61. The number of hydrogen-bond donors (Lipinski definition) is 1. The van der Waals surface area contributed by atoms with Crippen LogP contribution in [0.25, 0.3) is 0 Å². The van der Waals surface area contributed by atoms with Gasteiger partial charge < -0.3 is 9.52 Å². The summed E-state index contributed by atoms with van der Waals surface area (Å²) in [6.07, 6.45) is 13.2. The number of fused-ring (bicyclic) bond motifs is 1. The lowest BCUT2D eigenvalue weighted by atomic mass is 9.47. The molecule has 4 atom stereocenters. The van der Waals surface area contributed by atoms with E-state index >= 15 is 0 Å². The Morgan fingerprint density at radius 1 is 1.32 bits per heavy atom. The van der Waals surface area contributed by atoms with Crippen LogP contribution in [0, 0.1) is 22.7 Å². The number of aryl methyl sites for hydroxylation is 1. The van der Waals surface area contributed by atoms with E-state index in [4.69, 9.17) is 4.42 Å². The molecule has 1 heterocycles. The number of rotatable bonds is 4. The van der Waals surface area contributed by atoms with Crippen molar-refractivity contribution in [3.05, 3.63) is 35.8 Å². The predicted molar refractivity (Wildman–Crippen MR) is 89.5 cm³/mol. The SMILES string of the molecule is C[C@@H]1CC[C@@]2(C)C(CO)=CCC[C@H]2[C@]1(C)CCc1ccoc1. The van der Waals surface area contributed by atoms with Gasteiger partial charge in [0.05, 0.1) is 19.1 Å². The maximum atomic E-state index is 9.83. The van der Waals surface area contributed by atoms with Crippen LogP contribution < -0.4 is 0 Å². The topological polar surface area (TPSA) is 33.4 Å². The lowest BCUT2D eigenvalue weighted by Gasteiger charge is -2.58. The molecule has 0 bridgehead atoms. The molecule has 0 radical (unpaired) electrons. The van der Waals surface area contributed by atoms with Gasteiger partial charge in [0.1, 0.15) is 0 Å². The van der Waals surface area contributed by atoms with E-state index in [0.29, 0.717) is 11.3 Å². The minimum Gasteiger partial charge on any atom is -0.472 e. The quantitative estimate of drug-likeness (QED) is 0.795. The third-order valence-electron chi connectivity index (χ3n) is 7.07. The number of aliphatic hydroxyl groups is 1. The summed E-state index contributed by atoms with van der Waals surface area (Å²) < 4.78 is 5.23. The lowest BCUT2D eigenvalue weighted by Crippen LogP contribution is -2.50. The van der Waals surface area contributed by atoms with Crippen molar-refractivity contribution < 1.29 is 9.52 Å². The summed E-state index contributed by atoms with van der Waals surface area (Å²) in [5, 5.41) is 9.83. The summed E-state index contributed by atoms with van der Waals surface area (Å²) in [5.41, 5.74) is 3.16. The first-order valence-corrected chi connectivity index (χ1v) is 8.82. The van der Waals surface area contributed by atoms with Crippen LogP contribution in [-0.4, -0.2) is 11.7 Å². The molecule has 1 saturated carbocycles. The Hall–Kier alpha value is -1.02. The van der Waals surface area contributed by atoms with Crippen molar-refractivity contribution in [1.29, 1.82) is 0 Å². The molecule has 3 rings (SSSR count). The van der Waals surface area contributed by atoms with Crippen molar-refractivity contribution in [3.8, 4) is 0 Å². The largest absolute Gasteiger partial charge is 0.472 e. The second-order valence-electron chi connectivity index (χ2n) is 8.01. The Morgan fingerprint density at radius 2 is 2.14 bits per heavy atom. The molecular weight excluding hydrogens is 272 g/mol. The molecule has 1 aromatic rings. The van der Waals surface area contributed by atoms with Gasteiger partial charge in [-0.05, 0) is 78.4 Å². The number of allylic oxidation sites excluding steroid dienone is 1. The third-order valence-corrected chi connectivity index (χ3v) is 7.07. The second kappa shape index (κ2) is 5.88. The highest BCUT2D eigenvalue weighted by Gasteiger charge is 2.53. The van der Waals surface area contributed by atoms with Crippen LogP contribution in [-0.2, 0) is 6.42 Å². The maximum Gasteiger partial charge on any atom is 0.0934 e. The summed E-state index contributed by atoms with van der Waals surface area (Å²) in [7, 11) is 0. The van der Waals surface area contributed by atoms with Crippen LogP contribution in [0.5, 0.6) is 0 Å². The van der Waals surface area contributed by atoms with Crippen molar-refractivity contribution >= 4 is 0 Å². The Kier molecular flexibility index (Phi) is 4.24. The molecule has 1 N–H and O–H groups in total. The average Bonchev–Trinajstić information content (AvgIpc) is 3.03. The Balaban J connectivity index is 1.86. The Bertz CT molecular complexity index is 530. The fraction of sp³-hybridized carbons (Fsp3) is 0.700. The Labute approximate surface area is 134 Å². The third kappa shape index (κ3) is 2.46. The minimum absolute atomic E-state index is 0.199. The predicted octanol–water partition coefficient (Wildman–Crippen LogP) is 4.98. The molecule has 0 unspecified atom stereocenters. The van der Waals surface area contributed by atoms with Crippen LogP contribution >= 0.6 is 0 Å². The molecule has 1 fully saturated rings. The van der Waals surface area contributed by atoms with Crippen molar-refractivity contribution in [2.45, 2.75) is 59.3 Å². The van der Waals surface area contributed by atoms with Crippen molar-refractivity contribution in [3.63, 3.8) is 0 Å². The second-order valence-corrected chi connectivity index (χ2v) is 8.01. The molecule has 2 aliphatic rings. The summed E-state index contributed by atoms with van der Waals surface area (Å²) in [4.78, 5) is 0. The molecule has 122 valence electrons. The van der Waals surface area contributed by atoms with Crippen LogP contribution in [0.2, 0.25) is 0 Å². The van der Waals surface area contributed by atoms with Crippen molar-refractivity contribution in [2.75, 3.05) is 6.61 Å². The zero-order chi connectivity index (χ0) is 15.8. The summed E-state index contributed by atoms with van der Waals surface area (Å²) in [6, 6.07) is 2.09. The van der Waals surface area contributed by atoms with Gasteiger partial charge in [-0.3, -0.25) is 0 Å². The summed E-state index contributed by atoms with van der Waals surface area (Å²) >= 11 is 0. The van der Waals surface area contributed by atoms with Gasteiger partial charge in [0.25, 0.3) is 0 Å². The van der Waals surface area contributed by atoms with E-state index in [1.807, 2.05) is 6.26 Å². The highest BCUT2D eigenvalue weighted by molar-refractivity contribution is 5.23. The first kappa shape index (κ1) is 15.9. The molecule has 2 heteroatoms. The number of furan rings is 1. The molecule has 22 heavy (non-hydrogen) atoms. The molecule has 0 amide bonds. The monoisotopic (exact) mass is 302 g/mol. The van der Waals surface area contributed by atoms with Crippen LogP contribution in [0.4, 0.5) is 0 Å². The molecule has 2 nitrogen and oxygen atoms in total. The molecule has 0 aromatic carbocycles. The van der Waals surface area contributed by atoms with Gasteiger partial charge >= 0.3 is 0 Å². The van der Waals surface area contributed by atoms with E-state index in [2.05, 4.69) is 32.9 Å². The van der Waals surface area contributed by atoms with Crippen LogP contribution in [0.3, 0.4) is 0 Å². The number of hydrogen-bond acceptors (Lipinski definition) is 2. The van der Waals surface area contributed by atoms with Crippen molar-refractivity contribution in [1.82, 2.24) is 0 Å². The van der Waals surface area contributed by atoms with Crippen LogP contribution in [0.1, 0.15) is 58.4 Å². The van der Waals surface area contributed by atoms with E-state index < -0.39 is 0 Å². The normalized spacial score (nSPS) is 38.5. The summed E-state index contributed by atoms with van der Waals surface area (Å²) in [5.74, 6) is 1.43. The molecular formula is C20H30O2. The fourth-order valence-corrected chi connectivity index (χ4v) is 5.30.